The summed E-state index contributed by atoms with van der Waals surface area (Å²) in [6.07, 6.45) is 2.82. The zero-order valence-electron chi connectivity index (χ0n) is 14.4. The van der Waals surface area contributed by atoms with E-state index in [-0.39, 0.29) is 5.91 Å². The number of anilines is 1. The summed E-state index contributed by atoms with van der Waals surface area (Å²) in [4.78, 5) is 26.4. The molecule has 0 N–H and O–H groups in total. The molecule has 0 aromatic heterocycles. The Bertz CT molecular complexity index is 886. The number of hydrogen-bond acceptors (Lipinski definition) is 5. The molecule has 1 aliphatic heterocycles. The number of hydrogen-bond donors (Lipinski definition) is 0. The van der Waals surface area contributed by atoms with E-state index in [1.54, 1.807) is 24.3 Å². The topological polar surface area (TPSA) is 46.6 Å². The van der Waals surface area contributed by atoms with E-state index in [9.17, 15) is 9.59 Å². The summed E-state index contributed by atoms with van der Waals surface area (Å²) in [6, 6.07) is 14.7. The number of thiocarbonyl (C=S) groups is 1. The van der Waals surface area contributed by atoms with Gasteiger partial charge in [0.25, 0.3) is 5.91 Å². The van der Waals surface area contributed by atoms with Crippen molar-refractivity contribution in [2.75, 3.05) is 12.0 Å². The number of nitrogens with zero attached hydrogens (tertiary/aromatic N) is 1. The van der Waals surface area contributed by atoms with Crippen LogP contribution < -0.4 is 4.90 Å². The van der Waals surface area contributed by atoms with E-state index >= 15 is 0 Å². The number of rotatable bonds is 4. The minimum atomic E-state index is -0.419. The van der Waals surface area contributed by atoms with Crippen molar-refractivity contribution in [3.8, 4) is 0 Å². The Hall–Kier alpha value is -2.44. The summed E-state index contributed by atoms with van der Waals surface area (Å²) < 4.78 is 5.15. The first kappa shape index (κ1) is 18.4. The Morgan fingerprint density at radius 2 is 1.81 bits per heavy atom. The number of ether oxygens (including phenoxy) is 1. The fourth-order valence-electron chi connectivity index (χ4n) is 2.56. The fraction of sp³-hybridized carbons (Fsp3) is 0.150. The summed E-state index contributed by atoms with van der Waals surface area (Å²) in [7, 11) is 1.33. The van der Waals surface area contributed by atoms with Crippen molar-refractivity contribution in [2.45, 2.75) is 13.3 Å². The third-order valence-electron chi connectivity index (χ3n) is 4.03. The molecule has 2 aromatic rings. The van der Waals surface area contributed by atoms with E-state index < -0.39 is 5.97 Å². The molecule has 2 aromatic carbocycles. The molecule has 6 heteroatoms. The predicted octanol–water partition coefficient (Wildman–Crippen LogP) is 4.44. The summed E-state index contributed by atoms with van der Waals surface area (Å²) in [6.45, 7) is 2.10. The van der Waals surface area contributed by atoms with E-state index in [1.165, 1.54) is 29.3 Å². The zero-order valence-corrected chi connectivity index (χ0v) is 16.0. The second-order valence-electron chi connectivity index (χ2n) is 5.65. The van der Waals surface area contributed by atoms with Gasteiger partial charge in [0.1, 0.15) is 0 Å². The van der Waals surface area contributed by atoms with Crippen molar-refractivity contribution in [1.82, 2.24) is 0 Å². The standard InChI is InChI=1S/C20H17NO3S2/c1-3-13-4-6-14(7-5-13)12-17-18(22)21(20(25)26-17)16-10-8-15(9-11-16)19(23)24-2/h4-12H,3H2,1-2H3/b17-12+. The highest BCUT2D eigenvalue weighted by Crippen LogP contribution is 2.36. The number of carbonyl (C=O) groups is 2. The maximum atomic E-state index is 12.8. The highest BCUT2D eigenvalue weighted by molar-refractivity contribution is 8.27. The van der Waals surface area contributed by atoms with Gasteiger partial charge in [0, 0.05) is 0 Å². The van der Waals surface area contributed by atoms with E-state index in [4.69, 9.17) is 12.2 Å². The van der Waals surface area contributed by atoms with Gasteiger partial charge in [-0.15, -0.1) is 0 Å². The molecule has 1 fully saturated rings. The molecule has 0 atom stereocenters. The normalized spacial score (nSPS) is 15.6. The third-order valence-corrected chi connectivity index (χ3v) is 5.33. The number of esters is 1. The van der Waals surface area contributed by atoms with Crippen molar-refractivity contribution >= 4 is 51.9 Å². The van der Waals surface area contributed by atoms with E-state index in [1.807, 2.05) is 18.2 Å². The van der Waals surface area contributed by atoms with Crippen LogP contribution in [0, 0.1) is 0 Å². The lowest BCUT2D eigenvalue weighted by Crippen LogP contribution is -2.27. The first-order chi connectivity index (χ1) is 12.5. The molecule has 0 saturated carbocycles. The lowest BCUT2D eigenvalue weighted by molar-refractivity contribution is -0.113. The van der Waals surface area contributed by atoms with Crippen molar-refractivity contribution in [1.29, 1.82) is 0 Å². The van der Waals surface area contributed by atoms with Crippen LogP contribution in [-0.4, -0.2) is 23.3 Å². The average molecular weight is 383 g/mol. The third kappa shape index (κ3) is 3.71. The minimum absolute atomic E-state index is 0.162. The van der Waals surface area contributed by atoms with E-state index in [2.05, 4.69) is 23.8 Å². The summed E-state index contributed by atoms with van der Waals surface area (Å²) in [5.41, 5.74) is 3.27. The minimum Gasteiger partial charge on any atom is -0.465 e. The van der Waals surface area contributed by atoms with Crippen molar-refractivity contribution in [3.05, 3.63) is 70.1 Å². The number of aryl methyl sites for hydroxylation is 1. The average Bonchev–Trinajstić information content (AvgIpc) is 2.95. The molecule has 0 aliphatic carbocycles. The van der Waals surface area contributed by atoms with E-state index in [0.717, 1.165) is 12.0 Å². The second-order valence-corrected chi connectivity index (χ2v) is 7.33. The second kappa shape index (κ2) is 7.85. The van der Waals surface area contributed by atoms with Crippen LogP contribution in [0.5, 0.6) is 0 Å². The molecule has 1 aliphatic rings. The Kier molecular flexibility index (Phi) is 5.54. The van der Waals surface area contributed by atoms with Gasteiger partial charge >= 0.3 is 5.97 Å². The maximum absolute atomic E-state index is 12.8. The van der Waals surface area contributed by atoms with Gasteiger partial charge in [-0.1, -0.05) is 55.2 Å². The molecular formula is C20H17NO3S2. The molecule has 1 heterocycles. The summed E-state index contributed by atoms with van der Waals surface area (Å²) in [5.74, 6) is -0.581. The lowest BCUT2D eigenvalue weighted by Gasteiger charge is -2.14. The number of thioether (sulfide) groups is 1. The zero-order chi connectivity index (χ0) is 18.7. The summed E-state index contributed by atoms with van der Waals surface area (Å²) in [5, 5.41) is 0. The number of benzene rings is 2. The van der Waals surface area contributed by atoms with Crippen LogP contribution in [0.4, 0.5) is 5.69 Å². The van der Waals surface area contributed by atoms with E-state index in [0.29, 0.717) is 20.5 Å². The van der Waals surface area contributed by atoms with Crippen LogP contribution in [0.1, 0.15) is 28.4 Å². The van der Waals surface area contributed by atoms with Gasteiger partial charge in [0.05, 0.1) is 23.3 Å². The molecule has 1 amide bonds. The van der Waals surface area contributed by atoms with Gasteiger partial charge in [0.2, 0.25) is 0 Å². The Balaban J connectivity index is 1.84. The number of methoxy groups -OCH3 is 1. The van der Waals surface area contributed by atoms with Gasteiger partial charge in [-0.25, -0.2) is 4.79 Å². The largest absolute Gasteiger partial charge is 0.465 e. The Labute approximate surface area is 161 Å². The summed E-state index contributed by atoms with van der Waals surface area (Å²) >= 11 is 6.65. The molecule has 0 spiro atoms. The smallest absolute Gasteiger partial charge is 0.337 e. The van der Waals surface area contributed by atoms with Crippen molar-refractivity contribution in [2.24, 2.45) is 0 Å². The fourth-order valence-corrected chi connectivity index (χ4v) is 3.85. The molecule has 0 bridgehead atoms. The molecule has 1 saturated heterocycles. The molecule has 26 heavy (non-hydrogen) atoms. The quantitative estimate of drug-likeness (QED) is 0.444. The van der Waals surface area contributed by atoms with Gasteiger partial charge in [-0.3, -0.25) is 9.69 Å². The van der Waals surface area contributed by atoms with Crippen LogP contribution in [0.15, 0.2) is 53.4 Å². The molecular weight excluding hydrogens is 366 g/mol. The molecule has 4 nitrogen and oxygen atoms in total. The SMILES string of the molecule is CCc1ccc(/C=C2/SC(=S)N(c3ccc(C(=O)OC)cc3)C2=O)cc1. The van der Waals surface area contributed by atoms with Gasteiger partial charge in [-0.2, -0.15) is 0 Å². The monoisotopic (exact) mass is 383 g/mol. The van der Waals surface area contributed by atoms with Gasteiger partial charge in [0.15, 0.2) is 4.32 Å². The van der Waals surface area contributed by atoms with Crippen molar-refractivity contribution in [3.63, 3.8) is 0 Å². The lowest BCUT2D eigenvalue weighted by atomic mass is 10.1. The van der Waals surface area contributed by atoms with Crippen LogP contribution >= 0.6 is 24.0 Å². The van der Waals surface area contributed by atoms with Crippen LogP contribution in [0.2, 0.25) is 0 Å². The number of carbonyl (C=O) groups excluding carboxylic acids is 2. The van der Waals surface area contributed by atoms with Crippen LogP contribution in [0.25, 0.3) is 6.08 Å². The highest BCUT2D eigenvalue weighted by atomic mass is 32.2. The van der Waals surface area contributed by atoms with Gasteiger partial charge < -0.3 is 4.74 Å². The highest BCUT2D eigenvalue weighted by Gasteiger charge is 2.33. The van der Waals surface area contributed by atoms with Crippen molar-refractivity contribution < 1.29 is 14.3 Å². The Morgan fingerprint density at radius 1 is 1.15 bits per heavy atom. The van der Waals surface area contributed by atoms with Crippen LogP contribution in [0.3, 0.4) is 0 Å². The first-order valence-corrected chi connectivity index (χ1v) is 9.31. The molecule has 132 valence electrons. The first-order valence-electron chi connectivity index (χ1n) is 8.08. The van der Waals surface area contributed by atoms with Gasteiger partial charge in [-0.05, 0) is 47.9 Å². The predicted molar refractivity (Wildman–Crippen MR) is 109 cm³/mol. The Morgan fingerprint density at radius 3 is 2.38 bits per heavy atom. The molecule has 0 radical (unpaired) electrons. The maximum Gasteiger partial charge on any atom is 0.337 e. The van der Waals surface area contributed by atoms with Crippen LogP contribution in [-0.2, 0) is 16.0 Å². The molecule has 0 unspecified atom stereocenters. The molecule has 3 rings (SSSR count). The number of amides is 1.